The van der Waals surface area contributed by atoms with Crippen LogP contribution in [-0.4, -0.2) is 35.0 Å². The molecule has 0 aliphatic carbocycles. The second-order valence-electron chi connectivity index (χ2n) is 6.14. The van der Waals surface area contributed by atoms with E-state index in [9.17, 15) is 4.79 Å². The van der Waals surface area contributed by atoms with Crippen molar-refractivity contribution in [2.24, 2.45) is 0 Å². The van der Waals surface area contributed by atoms with Gasteiger partial charge < -0.3 is 15.2 Å². The zero-order valence-corrected chi connectivity index (χ0v) is 14.2. The molecule has 1 aliphatic heterocycles. The van der Waals surface area contributed by atoms with Crippen molar-refractivity contribution in [2.45, 2.75) is 25.3 Å². The summed E-state index contributed by atoms with van der Waals surface area (Å²) in [4.78, 5) is 22.3. The quantitative estimate of drug-likeness (QED) is 0.751. The van der Waals surface area contributed by atoms with Crippen molar-refractivity contribution in [2.75, 3.05) is 18.0 Å². The highest BCUT2D eigenvalue weighted by molar-refractivity contribution is 7.13. The maximum Gasteiger partial charge on any atom is 0.224 e. The molecule has 4 rings (SSSR count). The summed E-state index contributed by atoms with van der Waals surface area (Å²) in [5.74, 6) is 0.0748. The fourth-order valence-corrected chi connectivity index (χ4v) is 4.14. The van der Waals surface area contributed by atoms with Crippen molar-refractivity contribution in [3.05, 3.63) is 47.6 Å². The van der Waals surface area contributed by atoms with E-state index in [-0.39, 0.29) is 5.91 Å². The number of fused-ring (bicyclic) bond motifs is 1. The number of nitrogens with zero attached hydrogens (tertiary/aromatic N) is 2. The Kier molecular flexibility index (Phi) is 4.21. The number of carbonyl (C=O) groups is 1. The van der Waals surface area contributed by atoms with E-state index in [1.165, 1.54) is 0 Å². The summed E-state index contributed by atoms with van der Waals surface area (Å²) in [6.45, 7) is 1.71. The molecule has 124 valence electrons. The van der Waals surface area contributed by atoms with Gasteiger partial charge in [0.05, 0.1) is 6.42 Å². The Morgan fingerprint density at radius 3 is 3.21 bits per heavy atom. The topological polar surface area (TPSA) is 61.0 Å². The fourth-order valence-electron chi connectivity index (χ4n) is 3.40. The Balaban J connectivity index is 1.36. The van der Waals surface area contributed by atoms with Crippen LogP contribution in [-0.2, 0) is 11.2 Å². The SMILES string of the molecule is O=C(Cc1c[nH]c2ccccc12)NC[C@@H]1CCCN1c1nccs1. The van der Waals surface area contributed by atoms with Gasteiger partial charge in [0, 0.05) is 47.8 Å². The molecule has 0 bridgehead atoms. The summed E-state index contributed by atoms with van der Waals surface area (Å²) in [5.41, 5.74) is 2.12. The Morgan fingerprint density at radius 1 is 1.42 bits per heavy atom. The second-order valence-corrected chi connectivity index (χ2v) is 7.02. The van der Waals surface area contributed by atoms with Gasteiger partial charge >= 0.3 is 0 Å². The molecule has 2 N–H and O–H groups in total. The van der Waals surface area contributed by atoms with Crippen LogP contribution in [0, 0.1) is 0 Å². The first-order chi connectivity index (χ1) is 11.8. The Morgan fingerprint density at radius 2 is 2.33 bits per heavy atom. The average Bonchev–Trinajstić information content (AvgIpc) is 3.33. The molecule has 0 saturated carbocycles. The zero-order chi connectivity index (χ0) is 16.4. The number of benzene rings is 1. The van der Waals surface area contributed by atoms with E-state index in [1.807, 2.05) is 36.0 Å². The highest BCUT2D eigenvalue weighted by atomic mass is 32.1. The van der Waals surface area contributed by atoms with E-state index in [1.54, 1.807) is 11.3 Å². The number of nitrogens with one attached hydrogen (secondary N) is 2. The molecule has 0 spiro atoms. The summed E-state index contributed by atoms with van der Waals surface area (Å²) >= 11 is 1.66. The number of para-hydroxylation sites is 1. The van der Waals surface area contributed by atoms with Crippen LogP contribution in [0.1, 0.15) is 18.4 Å². The van der Waals surface area contributed by atoms with E-state index >= 15 is 0 Å². The standard InChI is InChI=1S/C18H20N4OS/c23-17(10-13-11-20-16-6-2-1-5-15(13)16)21-12-14-4-3-8-22(14)18-19-7-9-24-18/h1-2,5-7,9,11,14,20H,3-4,8,10,12H2,(H,21,23)/t14-/m0/s1. The number of carbonyl (C=O) groups excluding carboxylic acids is 1. The lowest BCUT2D eigenvalue weighted by Gasteiger charge is -2.24. The maximum atomic E-state index is 12.3. The van der Waals surface area contributed by atoms with Crippen LogP contribution in [0.25, 0.3) is 10.9 Å². The molecule has 24 heavy (non-hydrogen) atoms. The first-order valence-electron chi connectivity index (χ1n) is 8.29. The minimum atomic E-state index is 0.0748. The van der Waals surface area contributed by atoms with Gasteiger partial charge in [-0.05, 0) is 24.5 Å². The summed E-state index contributed by atoms with van der Waals surface area (Å²) in [6.07, 6.45) is 6.44. The van der Waals surface area contributed by atoms with Crippen LogP contribution in [0.3, 0.4) is 0 Å². The van der Waals surface area contributed by atoms with Crippen LogP contribution in [0.2, 0.25) is 0 Å². The Hall–Kier alpha value is -2.34. The highest BCUT2D eigenvalue weighted by Crippen LogP contribution is 2.26. The van der Waals surface area contributed by atoms with Gasteiger partial charge in [0.15, 0.2) is 5.13 Å². The minimum absolute atomic E-state index is 0.0748. The summed E-state index contributed by atoms with van der Waals surface area (Å²) < 4.78 is 0. The lowest BCUT2D eigenvalue weighted by molar-refractivity contribution is -0.120. The molecule has 2 aromatic heterocycles. The van der Waals surface area contributed by atoms with E-state index < -0.39 is 0 Å². The summed E-state index contributed by atoms with van der Waals surface area (Å²) in [7, 11) is 0. The molecule has 1 amide bonds. The fraction of sp³-hybridized carbons (Fsp3) is 0.333. The van der Waals surface area contributed by atoms with E-state index in [4.69, 9.17) is 0 Å². The van der Waals surface area contributed by atoms with E-state index in [2.05, 4.69) is 26.3 Å². The van der Waals surface area contributed by atoms with Crippen LogP contribution in [0.15, 0.2) is 42.0 Å². The number of aromatic nitrogens is 2. The third kappa shape index (κ3) is 3.01. The van der Waals surface area contributed by atoms with E-state index in [0.29, 0.717) is 19.0 Å². The number of H-pyrrole nitrogens is 1. The van der Waals surface area contributed by atoms with Gasteiger partial charge in [-0.2, -0.15) is 0 Å². The molecular weight excluding hydrogens is 320 g/mol. The maximum absolute atomic E-state index is 12.3. The van der Waals surface area contributed by atoms with Gasteiger partial charge in [0.2, 0.25) is 5.91 Å². The largest absolute Gasteiger partial charge is 0.361 e. The third-order valence-corrected chi connectivity index (χ3v) is 5.41. The predicted octanol–water partition coefficient (Wildman–Crippen LogP) is 2.95. The number of anilines is 1. The monoisotopic (exact) mass is 340 g/mol. The number of rotatable bonds is 5. The third-order valence-electron chi connectivity index (χ3n) is 4.60. The van der Waals surface area contributed by atoms with Crippen molar-refractivity contribution < 1.29 is 4.79 Å². The molecule has 1 aromatic carbocycles. The van der Waals surface area contributed by atoms with Crippen molar-refractivity contribution in [1.82, 2.24) is 15.3 Å². The molecule has 3 aromatic rings. The molecule has 0 radical (unpaired) electrons. The molecule has 1 aliphatic rings. The molecule has 0 unspecified atom stereocenters. The van der Waals surface area contributed by atoms with Gasteiger partial charge in [-0.1, -0.05) is 18.2 Å². The smallest absolute Gasteiger partial charge is 0.224 e. The van der Waals surface area contributed by atoms with Gasteiger partial charge in [0.1, 0.15) is 0 Å². The lowest BCUT2D eigenvalue weighted by Crippen LogP contribution is -2.40. The lowest BCUT2D eigenvalue weighted by atomic mass is 10.1. The number of hydrogen-bond acceptors (Lipinski definition) is 4. The normalized spacial score (nSPS) is 17.5. The molecule has 1 saturated heterocycles. The van der Waals surface area contributed by atoms with Gasteiger partial charge in [0.25, 0.3) is 0 Å². The number of aromatic amines is 1. The van der Waals surface area contributed by atoms with Crippen LogP contribution in [0.4, 0.5) is 5.13 Å². The predicted molar refractivity (Wildman–Crippen MR) is 97.5 cm³/mol. The van der Waals surface area contributed by atoms with Crippen LogP contribution in [0.5, 0.6) is 0 Å². The second kappa shape index (κ2) is 6.65. The first-order valence-corrected chi connectivity index (χ1v) is 9.17. The summed E-state index contributed by atoms with van der Waals surface area (Å²) in [6, 6.07) is 8.43. The highest BCUT2D eigenvalue weighted by Gasteiger charge is 2.26. The van der Waals surface area contributed by atoms with Crippen molar-refractivity contribution in [3.63, 3.8) is 0 Å². The molecular formula is C18H20N4OS. The number of amides is 1. The van der Waals surface area contributed by atoms with Crippen LogP contribution < -0.4 is 10.2 Å². The van der Waals surface area contributed by atoms with Crippen LogP contribution >= 0.6 is 11.3 Å². The zero-order valence-electron chi connectivity index (χ0n) is 13.4. The van der Waals surface area contributed by atoms with Gasteiger partial charge in [-0.25, -0.2) is 4.98 Å². The molecule has 6 heteroatoms. The van der Waals surface area contributed by atoms with Crippen molar-refractivity contribution >= 4 is 33.3 Å². The minimum Gasteiger partial charge on any atom is -0.361 e. The molecule has 5 nitrogen and oxygen atoms in total. The summed E-state index contributed by atoms with van der Waals surface area (Å²) in [5, 5.41) is 7.28. The van der Waals surface area contributed by atoms with E-state index in [0.717, 1.165) is 41.0 Å². The molecule has 1 fully saturated rings. The Bertz CT molecular complexity index is 827. The molecule has 3 heterocycles. The molecule has 1 atom stereocenters. The Labute approximate surface area is 144 Å². The van der Waals surface area contributed by atoms with Gasteiger partial charge in [-0.3, -0.25) is 4.79 Å². The average molecular weight is 340 g/mol. The van der Waals surface area contributed by atoms with Gasteiger partial charge in [-0.15, -0.1) is 11.3 Å². The van der Waals surface area contributed by atoms with Crippen molar-refractivity contribution in [1.29, 1.82) is 0 Å². The number of hydrogen-bond donors (Lipinski definition) is 2. The first kappa shape index (κ1) is 15.2. The number of thiazole rings is 1. The van der Waals surface area contributed by atoms with Crippen molar-refractivity contribution in [3.8, 4) is 0 Å².